The van der Waals surface area contributed by atoms with Crippen LogP contribution in [0.5, 0.6) is 0 Å². The van der Waals surface area contributed by atoms with E-state index in [0.29, 0.717) is 22.9 Å². The van der Waals surface area contributed by atoms with E-state index in [-0.39, 0.29) is 11.9 Å². The molecule has 1 fully saturated rings. The van der Waals surface area contributed by atoms with Crippen LogP contribution in [0.3, 0.4) is 0 Å². The molecule has 2 nitrogen and oxygen atoms in total. The van der Waals surface area contributed by atoms with Crippen molar-refractivity contribution in [3.8, 4) is 0 Å². The molecule has 0 N–H and O–H groups in total. The molecule has 0 aromatic heterocycles. The lowest BCUT2D eigenvalue weighted by atomic mass is 10.0. The van der Waals surface area contributed by atoms with E-state index in [9.17, 15) is 4.79 Å². The average Bonchev–Trinajstić information content (AvgIpc) is 2.43. The molecule has 2 rings (SSSR count). The minimum absolute atomic E-state index is 0.193. The number of carbonyl (C=O) groups excluding carboxylic acids is 1. The predicted octanol–water partition coefficient (Wildman–Crippen LogP) is 4.45. The van der Waals surface area contributed by atoms with E-state index in [1.165, 1.54) is 6.42 Å². The summed E-state index contributed by atoms with van der Waals surface area (Å²) in [7, 11) is 0. The molecule has 1 aliphatic rings. The van der Waals surface area contributed by atoms with Gasteiger partial charge in [-0.2, -0.15) is 0 Å². The molecule has 1 aliphatic heterocycles. The summed E-state index contributed by atoms with van der Waals surface area (Å²) in [5, 5.41) is 0.994. The SMILES string of the molecule is O=C(CCC1CCCCO1)Cc1cccc(Cl)c1Cl. The first-order valence-electron chi connectivity index (χ1n) is 6.73. The van der Waals surface area contributed by atoms with Crippen molar-refractivity contribution in [2.24, 2.45) is 0 Å². The van der Waals surface area contributed by atoms with Crippen molar-refractivity contribution in [1.29, 1.82) is 0 Å². The quantitative estimate of drug-likeness (QED) is 0.803. The van der Waals surface area contributed by atoms with Gasteiger partial charge in [0.05, 0.1) is 16.1 Å². The fourth-order valence-corrected chi connectivity index (χ4v) is 2.73. The lowest BCUT2D eigenvalue weighted by Crippen LogP contribution is -2.20. The largest absolute Gasteiger partial charge is 0.378 e. The lowest BCUT2D eigenvalue weighted by molar-refractivity contribution is -0.119. The van der Waals surface area contributed by atoms with Gasteiger partial charge in [-0.3, -0.25) is 4.79 Å². The second-order valence-corrected chi connectivity index (χ2v) is 5.74. The summed E-state index contributed by atoms with van der Waals surface area (Å²) in [5.41, 5.74) is 0.809. The van der Waals surface area contributed by atoms with Crippen molar-refractivity contribution >= 4 is 29.0 Å². The Balaban J connectivity index is 1.82. The van der Waals surface area contributed by atoms with E-state index in [1.54, 1.807) is 6.07 Å². The van der Waals surface area contributed by atoms with E-state index in [0.717, 1.165) is 31.4 Å². The van der Waals surface area contributed by atoms with Gasteiger partial charge in [0.2, 0.25) is 0 Å². The Morgan fingerprint density at radius 2 is 2.16 bits per heavy atom. The number of halogens is 2. The van der Waals surface area contributed by atoms with Crippen LogP contribution in [0.4, 0.5) is 0 Å². The van der Waals surface area contributed by atoms with Crippen molar-refractivity contribution in [3.05, 3.63) is 33.8 Å². The molecule has 0 spiro atoms. The van der Waals surface area contributed by atoms with Gasteiger partial charge < -0.3 is 4.74 Å². The molecule has 0 radical (unpaired) electrons. The van der Waals surface area contributed by atoms with Gasteiger partial charge in [-0.15, -0.1) is 0 Å². The fourth-order valence-electron chi connectivity index (χ4n) is 2.34. The average molecular weight is 301 g/mol. The minimum atomic E-state index is 0.193. The van der Waals surface area contributed by atoms with E-state index in [2.05, 4.69) is 0 Å². The van der Waals surface area contributed by atoms with Crippen LogP contribution in [0.15, 0.2) is 18.2 Å². The normalized spacial score (nSPS) is 19.4. The molecule has 1 aromatic rings. The fraction of sp³-hybridized carbons (Fsp3) is 0.533. The summed E-state index contributed by atoms with van der Waals surface area (Å²) in [6, 6.07) is 5.40. The number of carbonyl (C=O) groups is 1. The monoisotopic (exact) mass is 300 g/mol. The molecule has 0 amide bonds. The Morgan fingerprint density at radius 3 is 2.89 bits per heavy atom. The standard InChI is InChI=1S/C15H18Cl2O2/c16-14-6-3-4-11(15(14)17)10-12(18)7-8-13-5-1-2-9-19-13/h3-4,6,13H,1-2,5,7-10H2. The molecule has 1 aromatic carbocycles. The highest BCUT2D eigenvalue weighted by Gasteiger charge is 2.16. The van der Waals surface area contributed by atoms with Crippen molar-refractivity contribution < 1.29 is 9.53 Å². The Labute approximate surface area is 124 Å². The van der Waals surface area contributed by atoms with Crippen LogP contribution in [0.2, 0.25) is 10.0 Å². The number of Topliss-reactive ketones (excluding diaryl/α,β-unsaturated/α-hetero) is 1. The topological polar surface area (TPSA) is 26.3 Å². The highest BCUT2D eigenvalue weighted by molar-refractivity contribution is 6.42. The first-order valence-corrected chi connectivity index (χ1v) is 7.48. The molecule has 1 saturated heterocycles. The molecular formula is C15H18Cl2O2. The van der Waals surface area contributed by atoms with Crippen LogP contribution in [0.1, 0.15) is 37.7 Å². The predicted molar refractivity (Wildman–Crippen MR) is 78.0 cm³/mol. The van der Waals surface area contributed by atoms with Gasteiger partial charge in [-0.1, -0.05) is 35.3 Å². The van der Waals surface area contributed by atoms with Crippen LogP contribution in [0, 0.1) is 0 Å². The smallest absolute Gasteiger partial charge is 0.137 e. The molecule has 1 atom stereocenters. The summed E-state index contributed by atoms with van der Waals surface area (Å²) in [6.45, 7) is 0.832. The first kappa shape index (κ1) is 14.8. The van der Waals surface area contributed by atoms with Crippen LogP contribution in [0.25, 0.3) is 0 Å². The number of ether oxygens (including phenoxy) is 1. The molecule has 4 heteroatoms. The van der Waals surface area contributed by atoms with Crippen molar-refractivity contribution in [2.45, 2.75) is 44.6 Å². The molecule has 0 bridgehead atoms. The Kier molecular flexibility index (Phi) is 5.68. The maximum atomic E-state index is 12.0. The number of ketones is 1. The number of hydrogen-bond donors (Lipinski definition) is 0. The van der Waals surface area contributed by atoms with Gasteiger partial charge in [0, 0.05) is 19.4 Å². The van der Waals surface area contributed by atoms with Gasteiger partial charge >= 0.3 is 0 Å². The Bertz CT molecular complexity index is 440. The van der Waals surface area contributed by atoms with Crippen LogP contribution >= 0.6 is 23.2 Å². The zero-order valence-corrected chi connectivity index (χ0v) is 12.3. The van der Waals surface area contributed by atoms with Gasteiger partial charge in [0.15, 0.2) is 0 Å². The lowest BCUT2D eigenvalue weighted by Gasteiger charge is -2.22. The summed E-state index contributed by atoms with van der Waals surface area (Å²) in [6.07, 6.45) is 5.40. The van der Waals surface area contributed by atoms with E-state index < -0.39 is 0 Å². The molecule has 0 saturated carbocycles. The van der Waals surface area contributed by atoms with Gasteiger partial charge in [0.1, 0.15) is 5.78 Å². The van der Waals surface area contributed by atoms with Crippen molar-refractivity contribution in [1.82, 2.24) is 0 Å². The van der Waals surface area contributed by atoms with Gasteiger partial charge in [-0.25, -0.2) is 0 Å². The van der Waals surface area contributed by atoms with E-state index in [1.807, 2.05) is 12.1 Å². The van der Waals surface area contributed by atoms with E-state index >= 15 is 0 Å². The van der Waals surface area contributed by atoms with E-state index in [4.69, 9.17) is 27.9 Å². The minimum Gasteiger partial charge on any atom is -0.378 e. The van der Waals surface area contributed by atoms with Crippen LogP contribution in [-0.4, -0.2) is 18.5 Å². The molecule has 0 aliphatic carbocycles. The van der Waals surface area contributed by atoms with Crippen LogP contribution in [-0.2, 0) is 16.0 Å². The number of benzene rings is 1. The van der Waals surface area contributed by atoms with Crippen molar-refractivity contribution in [3.63, 3.8) is 0 Å². The summed E-state index contributed by atoms with van der Waals surface area (Å²) in [4.78, 5) is 12.0. The maximum absolute atomic E-state index is 12.0. The zero-order valence-electron chi connectivity index (χ0n) is 10.8. The second-order valence-electron chi connectivity index (χ2n) is 4.96. The maximum Gasteiger partial charge on any atom is 0.137 e. The third-order valence-corrected chi connectivity index (χ3v) is 4.30. The zero-order chi connectivity index (χ0) is 13.7. The van der Waals surface area contributed by atoms with Gasteiger partial charge in [-0.05, 0) is 37.3 Å². The molecular weight excluding hydrogens is 283 g/mol. The highest BCUT2D eigenvalue weighted by atomic mass is 35.5. The number of hydrogen-bond acceptors (Lipinski definition) is 2. The molecule has 104 valence electrons. The third kappa shape index (κ3) is 4.48. The second kappa shape index (κ2) is 7.28. The summed E-state index contributed by atoms with van der Waals surface area (Å²) in [5.74, 6) is 0.193. The Hall–Kier alpha value is -0.570. The molecule has 1 heterocycles. The summed E-state index contributed by atoms with van der Waals surface area (Å²) >= 11 is 12.0. The van der Waals surface area contributed by atoms with Crippen molar-refractivity contribution in [2.75, 3.05) is 6.61 Å². The van der Waals surface area contributed by atoms with Crippen LogP contribution < -0.4 is 0 Å². The summed E-state index contributed by atoms with van der Waals surface area (Å²) < 4.78 is 5.62. The Morgan fingerprint density at radius 1 is 1.32 bits per heavy atom. The number of rotatable bonds is 5. The molecule has 1 unspecified atom stereocenters. The first-order chi connectivity index (χ1) is 9.16. The van der Waals surface area contributed by atoms with Gasteiger partial charge in [0.25, 0.3) is 0 Å². The molecule has 19 heavy (non-hydrogen) atoms. The third-order valence-electron chi connectivity index (χ3n) is 3.44. The highest BCUT2D eigenvalue weighted by Crippen LogP contribution is 2.26.